The summed E-state index contributed by atoms with van der Waals surface area (Å²) in [5, 5.41) is 0.195. The van der Waals surface area contributed by atoms with E-state index < -0.39 is 10.0 Å². The van der Waals surface area contributed by atoms with E-state index in [1.807, 2.05) is 0 Å². The molecule has 0 bridgehead atoms. The van der Waals surface area contributed by atoms with E-state index in [1.165, 1.54) is 31.4 Å². The minimum absolute atomic E-state index is 0.0188. The number of hydrogen-bond acceptors (Lipinski definition) is 5. The van der Waals surface area contributed by atoms with Crippen molar-refractivity contribution in [1.29, 1.82) is 0 Å². The Labute approximate surface area is 121 Å². The maximum Gasteiger partial charge on any atom is 0.263 e. The molecule has 8 heteroatoms. The first-order valence-electron chi connectivity index (χ1n) is 5.51. The third-order valence-corrected chi connectivity index (χ3v) is 4.03. The molecule has 106 valence electrons. The van der Waals surface area contributed by atoms with Crippen molar-refractivity contribution in [3.05, 3.63) is 41.6 Å². The molecule has 2 aromatic rings. The molecule has 0 radical (unpaired) electrons. The number of benzene rings is 1. The second kappa shape index (κ2) is 5.56. The number of aromatic nitrogens is 1. The van der Waals surface area contributed by atoms with Crippen LogP contribution in [0, 0.1) is 0 Å². The van der Waals surface area contributed by atoms with E-state index in [0.717, 1.165) is 0 Å². The molecule has 0 aliphatic heterocycles. The van der Waals surface area contributed by atoms with Crippen molar-refractivity contribution in [2.75, 3.05) is 17.6 Å². The summed E-state index contributed by atoms with van der Waals surface area (Å²) < 4.78 is 31.7. The molecule has 0 atom stereocenters. The van der Waals surface area contributed by atoms with Gasteiger partial charge >= 0.3 is 0 Å². The summed E-state index contributed by atoms with van der Waals surface area (Å²) in [7, 11) is -2.38. The summed E-state index contributed by atoms with van der Waals surface area (Å²) in [5.41, 5.74) is 6.00. The Morgan fingerprint density at radius 2 is 2.05 bits per heavy atom. The lowest BCUT2D eigenvalue weighted by Gasteiger charge is -2.10. The van der Waals surface area contributed by atoms with E-state index in [0.29, 0.717) is 5.69 Å². The van der Waals surface area contributed by atoms with Crippen LogP contribution in [0.5, 0.6) is 5.75 Å². The lowest BCUT2D eigenvalue weighted by Crippen LogP contribution is -2.14. The molecule has 0 unspecified atom stereocenters. The van der Waals surface area contributed by atoms with Gasteiger partial charge in [-0.3, -0.25) is 4.72 Å². The van der Waals surface area contributed by atoms with Crippen LogP contribution in [0.3, 0.4) is 0 Å². The number of ether oxygens (including phenoxy) is 1. The van der Waals surface area contributed by atoms with Crippen molar-refractivity contribution < 1.29 is 13.2 Å². The molecule has 1 aromatic heterocycles. The van der Waals surface area contributed by atoms with Crippen molar-refractivity contribution in [2.24, 2.45) is 0 Å². The van der Waals surface area contributed by atoms with Gasteiger partial charge in [0, 0.05) is 6.07 Å². The molecular weight excluding hydrogens is 302 g/mol. The summed E-state index contributed by atoms with van der Waals surface area (Å²) >= 11 is 5.71. The summed E-state index contributed by atoms with van der Waals surface area (Å²) in [5.74, 6) is 0.417. The third-order valence-electron chi connectivity index (χ3n) is 2.47. The number of anilines is 2. The zero-order chi connectivity index (χ0) is 14.8. The number of pyridine rings is 1. The summed E-state index contributed by atoms with van der Waals surface area (Å²) in [4.78, 5) is 3.88. The molecule has 3 N–H and O–H groups in total. The Morgan fingerprint density at radius 3 is 2.70 bits per heavy atom. The number of sulfonamides is 1. The van der Waals surface area contributed by atoms with Gasteiger partial charge in [-0.15, -0.1) is 0 Å². The van der Waals surface area contributed by atoms with Gasteiger partial charge < -0.3 is 10.5 Å². The quantitative estimate of drug-likeness (QED) is 0.666. The highest BCUT2D eigenvalue weighted by Gasteiger charge is 2.16. The summed E-state index contributed by atoms with van der Waals surface area (Å²) in [6.07, 6.45) is 0. The minimum atomic E-state index is -3.79. The molecule has 0 aliphatic rings. The predicted molar refractivity (Wildman–Crippen MR) is 77.5 cm³/mol. The van der Waals surface area contributed by atoms with Gasteiger partial charge in [0.05, 0.1) is 17.7 Å². The van der Waals surface area contributed by atoms with E-state index in [4.69, 9.17) is 22.1 Å². The van der Waals surface area contributed by atoms with Gasteiger partial charge in [0.1, 0.15) is 16.7 Å². The molecular formula is C12H12ClN3O3S. The SMILES string of the molecule is COc1cc(S(=O)(=O)Nc2cccc(Cl)n2)ccc1N. The highest BCUT2D eigenvalue weighted by Crippen LogP contribution is 2.25. The van der Waals surface area contributed by atoms with Gasteiger partial charge in [0.25, 0.3) is 10.0 Å². The Hall–Kier alpha value is -1.99. The maximum absolute atomic E-state index is 12.2. The molecule has 1 heterocycles. The lowest BCUT2D eigenvalue weighted by molar-refractivity contribution is 0.415. The van der Waals surface area contributed by atoms with E-state index in [2.05, 4.69) is 9.71 Å². The van der Waals surface area contributed by atoms with Gasteiger partial charge in [-0.2, -0.15) is 0 Å². The smallest absolute Gasteiger partial charge is 0.263 e. The first-order chi connectivity index (χ1) is 9.42. The number of rotatable bonds is 4. The van der Waals surface area contributed by atoms with Gasteiger partial charge in [-0.25, -0.2) is 13.4 Å². The molecule has 1 aromatic carbocycles. The van der Waals surface area contributed by atoms with Crippen molar-refractivity contribution in [2.45, 2.75) is 4.90 Å². The number of nitrogens with one attached hydrogen (secondary N) is 1. The normalized spacial score (nSPS) is 11.1. The number of methoxy groups -OCH3 is 1. The number of hydrogen-bond donors (Lipinski definition) is 2. The van der Waals surface area contributed by atoms with Gasteiger partial charge in [-0.05, 0) is 24.3 Å². The Balaban J connectivity index is 2.35. The van der Waals surface area contributed by atoms with Crippen LogP contribution in [-0.2, 0) is 10.0 Å². The van der Waals surface area contributed by atoms with Crippen molar-refractivity contribution in [1.82, 2.24) is 4.98 Å². The van der Waals surface area contributed by atoms with Crippen LogP contribution in [0.2, 0.25) is 5.15 Å². The van der Waals surface area contributed by atoms with Crippen LogP contribution in [0.25, 0.3) is 0 Å². The summed E-state index contributed by atoms with van der Waals surface area (Å²) in [6.45, 7) is 0. The largest absolute Gasteiger partial charge is 0.495 e. The molecule has 0 amide bonds. The average Bonchev–Trinajstić information content (AvgIpc) is 2.38. The van der Waals surface area contributed by atoms with E-state index >= 15 is 0 Å². The van der Waals surface area contributed by atoms with Crippen LogP contribution in [-0.4, -0.2) is 20.5 Å². The minimum Gasteiger partial charge on any atom is -0.495 e. The molecule has 6 nitrogen and oxygen atoms in total. The predicted octanol–water partition coefficient (Wildman–Crippen LogP) is 2.13. The van der Waals surface area contributed by atoms with Crippen LogP contribution in [0.1, 0.15) is 0 Å². The molecule has 0 saturated carbocycles. The van der Waals surface area contributed by atoms with Crippen LogP contribution < -0.4 is 15.2 Å². The van der Waals surface area contributed by atoms with E-state index in [-0.39, 0.29) is 21.6 Å². The molecule has 0 saturated heterocycles. The first kappa shape index (κ1) is 14.4. The van der Waals surface area contributed by atoms with Crippen molar-refractivity contribution in [3.63, 3.8) is 0 Å². The number of nitrogens with two attached hydrogens (primary N) is 1. The van der Waals surface area contributed by atoms with Crippen molar-refractivity contribution in [3.8, 4) is 5.75 Å². The lowest BCUT2D eigenvalue weighted by atomic mass is 10.3. The van der Waals surface area contributed by atoms with Gasteiger partial charge in [-0.1, -0.05) is 17.7 Å². The molecule has 0 spiro atoms. The first-order valence-corrected chi connectivity index (χ1v) is 7.37. The molecule has 20 heavy (non-hydrogen) atoms. The highest BCUT2D eigenvalue weighted by molar-refractivity contribution is 7.92. The maximum atomic E-state index is 12.2. The molecule has 0 fully saturated rings. The second-order valence-corrected chi connectivity index (χ2v) is 5.92. The fourth-order valence-electron chi connectivity index (χ4n) is 1.52. The topological polar surface area (TPSA) is 94.3 Å². The third kappa shape index (κ3) is 3.12. The second-order valence-electron chi connectivity index (χ2n) is 3.85. The Morgan fingerprint density at radius 1 is 1.30 bits per heavy atom. The number of nitrogens with zero attached hydrogens (tertiary/aromatic N) is 1. The van der Waals surface area contributed by atoms with Crippen LogP contribution in [0.15, 0.2) is 41.3 Å². The van der Waals surface area contributed by atoms with Gasteiger partial charge in [0.2, 0.25) is 0 Å². The number of halogens is 1. The average molecular weight is 314 g/mol. The molecule has 2 rings (SSSR count). The van der Waals surface area contributed by atoms with Gasteiger partial charge in [0.15, 0.2) is 0 Å². The van der Waals surface area contributed by atoms with Crippen molar-refractivity contribution >= 4 is 33.1 Å². The molecule has 0 aliphatic carbocycles. The standard InChI is InChI=1S/C12H12ClN3O3S/c1-19-10-7-8(5-6-9(10)14)20(17,18)16-12-4-2-3-11(13)15-12/h2-7H,14H2,1H3,(H,15,16). The Kier molecular flexibility index (Phi) is 4.01. The van der Waals surface area contributed by atoms with Crippen LogP contribution in [0.4, 0.5) is 11.5 Å². The van der Waals surface area contributed by atoms with Crippen LogP contribution >= 0.6 is 11.6 Å². The number of nitrogen functional groups attached to an aromatic ring is 1. The zero-order valence-electron chi connectivity index (χ0n) is 10.5. The fourth-order valence-corrected chi connectivity index (χ4v) is 2.70. The van der Waals surface area contributed by atoms with E-state index in [9.17, 15) is 8.42 Å². The highest BCUT2D eigenvalue weighted by atomic mass is 35.5. The monoisotopic (exact) mass is 313 g/mol. The Bertz CT molecular complexity index is 734. The summed E-state index contributed by atoms with van der Waals surface area (Å²) in [6, 6.07) is 8.81. The van der Waals surface area contributed by atoms with E-state index in [1.54, 1.807) is 12.1 Å². The zero-order valence-corrected chi connectivity index (χ0v) is 12.1. The fraction of sp³-hybridized carbons (Fsp3) is 0.0833.